The first-order valence-electron chi connectivity index (χ1n) is 8.65. The molecule has 138 valence electrons. The van der Waals surface area contributed by atoms with Gasteiger partial charge in [0.2, 0.25) is 0 Å². The van der Waals surface area contributed by atoms with E-state index in [2.05, 4.69) is 23.3 Å². The van der Waals surface area contributed by atoms with Gasteiger partial charge in [0.25, 0.3) is 5.91 Å². The summed E-state index contributed by atoms with van der Waals surface area (Å²) >= 11 is 1.40. The van der Waals surface area contributed by atoms with Crippen LogP contribution in [-0.2, 0) is 9.53 Å². The molecule has 0 atom stereocenters. The van der Waals surface area contributed by atoms with E-state index in [0.717, 1.165) is 17.7 Å². The van der Waals surface area contributed by atoms with Crippen molar-refractivity contribution >= 4 is 23.6 Å². The lowest BCUT2D eigenvalue weighted by atomic mass is 10.1. The minimum absolute atomic E-state index is 0.287. The van der Waals surface area contributed by atoms with Crippen molar-refractivity contribution in [2.24, 2.45) is 0 Å². The molecule has 0 bridgehead atoms. The average molecular weight is 372 g/mol. The van der Waals surface area contributed by atoms with Gasteiger partial charge in [-0.2, -0.15) is 0 Å². The molecule has 1 N–H and O–H groups in total. The number of hydrogen-bond acceptors (Lipinski definition) is 5. The van der Waals surface area contributed by atoms with Gasteiger partial charge >= 0.3 is 5.97 Å². The van der Waals surface area contributed by atoms with Gasteiger partial charge in [0.1, 0.15) is 5.03 Å². The van der Waals surface area contributed by atoms with Crippen LogP contribution >= 0.6 is 11.8 Å². The molecule has 5 nitrogen and oxygen atoms in total. The number of rotatable bonds is 8. The third kappa shape index (κ3) is 5.88. The first kappa shape index (κ1) is 20.0. The van der Waals surface area contributed by atoms with Crippen LogP contribution in [0.4, 0.5) is 0 Å². The fraction of sp³-hybridized carbons (Fsp3) is 0.350. The average Bonchev–Trinajstić information content (AvgIpc) is 2.63. The molecule has 2 aromatic rings. The summed E-state index contributed by atoms with van der Waals surface area (Å²) in [6.45, 7) is 6.45. The van der Waals surface area contributed by atoms with E-state index < -0.39 is 5.97 Å². The smallest absolute Gasteiger partial charge is 0.341 e. The highest BCUT2D eigenvalue weighted by Gasteiger charge is 2.16. The van der Waals surface area contributed by atoms with Crippen molar-refractivity contribution < 1.29 is 14.3 Å². The Hall–Kier alpha value is -2.34. The normalized spacial score (nSPS) is 10.4. The lowest BCUT2D eigenvalue weighted by Gasteiger charge is -2.10. The quantitative estimate of drug-likeness (QED) is 0.562. The van der Waals surface area contributed by atoms with Crippen LogP contribution in [0.5, 0.6) is 0 Å². The molecule has 1 amide bonds. The highest BCUT2D eigenvalue weighted by Crippen LogP contribution is 2.30. The minimum Gasteiger partial charge on any atom is -0.452 e. The predicted molar refractivity (Wildman–Crippen MR) is 102 cm³/mol. The molecule has 2 rings (SSSR count). The Morgan fingerprint density at radius 1 is 1.19 bits per heavy atom. The van der Waals surface area contributed by atoms with Crippen molar-refractivity contribution in [3.8, 4) is 0 Å². The zero-order valence-corrected chi connectivity index (χ0v) is 16.2. The number of nitrogens with one attached hydrogen (secondary N) is 1. The summed E-state index contributed by atoms with van der Waals surface area (Å²) in [7, 11) is 0. The third-order valence-electron chi connectivity index (χ3n) is 3.87. The summed E-state index contributed by atoms with van der Waals surface area (Å²) in [6, 6.07) is 9.44. The van der Waals surface area contributed by atoms with E-state index in [1.165, 1.54) is 22.9 Å². The van der Waals surface area contributed by atoms with E-state index in [1.54, 1.807) is 18.3 Å². The number of carbonyl (C=O) groups is 2. The van der Waals surface area contributed by atoms with Gasteiger partial charge in [-0.1, -0.05) is 31.2 Å². The van der Waals surface area contributed by atoms with Crippen LogP contribution in [0.2, 0.25) is 0 Å². The van der Waals surface area contributed by atoms with Gasteiger partial charge in [-0.15, -0.1) is 0 Å². The lowest BCUT2D eigenvalue weighted by molar-refractivity contribution is -0.124. The molecule has 0 fully saturated rings. The van der Waals surface area contributed by atoms with Crippen LogP contribution in [-0.4, -0.2) is 30.0 Å². The molecular weight excluding hydrogens is 348 g/mol. The second-order valence-corrected chi connectivity index (χ2v) is 7.05. The zero-order chi connectivity index (χ0) is 18.9. The molecule has 0 saturated heterocycles. The molecule has 0 saturated carbocycles. The Kier molecular flexibility index (Phi) is 7.66. The molecule has 26 heavy (non-hydrogen) atoms. The Morgan fingerprint density at radius 2 is 2.00 bits per heavy atom. The molecule has 0 aliphatic carbocycles. The molecule has 0 radical (unpaired) electrons. The monoisotopic (exact) mass is 372 g/mol. The van der Waals surface area contributed by atoms with Crippen LogP contribution in [0.25, 0.3) is 0 Å². The van der Waals surface area contributed by atoms with Crippen molar-refractivity contribution in [1.82, 2.24) is 10.3 Å². The Labute approximate surface area is 158 Å². The minimum atomic E-state index is -0.546. The Morgan fingerprint density at radius 3 is 2.73 bits per heavy atom. The maximum absolute atomic E-state index is 12.4. The third-order valence-corrected chi connectivity index (χ3v) is 4.88. The number of esters is 1. The second-order valence-electron chi connectivity index (χ2n) is 5.98. The van der Waals surface area contributed by atoms with E-state index in [1.807, 2.05) is 26.0 Å². The molecule has 1 heterocycles. The van der Waals surface area contributed by atoms with Crippen LogP contribution in [0, 0.1) is 13.8 Å². The number of aromatic nitrogens is 1. The molecule has 1 aromatic carbocycles. The number of pyridine rings is 1. The standard InChI is InChI=1S/C20H24N2O3S/c1-4-5-10-21-18(23)13-25-20(24)17-7-6-11-22-19(17)26-16-9-8-14(2)15(3)12-16/h6-9,11-12H,4-5,10,13H2,1-3H3,(H,21,23). The molecular formula is C20H24N2O3S. The number of ether oxygens (including phenoxy) is 1. The van der Waals surface area contributed by atoms with Gasteiger partial charge in [-0.3, -0.25) is 4.79 Å². The SMILES string of the molecule is CCCCNC(=O)COC(=O)c1cccnc1Sc1ccc(C)c(C)c1. The van der Waals surface area contributed by atoms with Gasteiger partial charge < -0.3 is 10.1 Å². The highest BCUT2D eigenvalue weighted by atomic mass is 32.2. The van der Waals surface area contributed by atoms with Gasteiger partial charge in [0.05, 0.1) is 5.56 Å². The zero-order valence-electron chi connectivity index (χ0n) is 15.4. The van der Waals surface area contributed by atoms with Crippen molar-refractivity contribution in [3.05, 3.63) is 53.2 Å². The molecule has 6 heteroatoms. The number of hydrogen-bond donors (Lipinski definition) is 1. The first-order chi connectivity index (χ1) is 12.5. The second kappa shape index (κ2) is 9.97. The Bertz CT molecular complexity index is 777. The lowest BCUT2D eigenvalue weighted by Crippen LogP contribution is -2.29. The van der Waals surface area contributed by atoms with Gasteiger partial charge in [0.15, 0.2) is 6.61 Å². The molecule has 1 aromatic heterocycles. The Balaban J connectivity index is 2.02. The van der Waals surface area contributed by atoms with Crippen LogP contribution in [0.15, 0.2) is 46.5 Å². The summed E-state index contributed by atoms with van der Waals surface area (Å²) in [5, 5.41) is 3.28. The summed E-state index contributed by atoms with van der Waals surface area (Å²) in [5.41, 5.74) is 2.75. The van der Waals surface area contributed by atoms with E-state index in [9.17, 15) is 9.59 Å². The number of carbonyl (C=O) groups excluding carboxylic acids is 2. The highest BCUT2D eigenvalue weighted by molar-refractivity contribution is 7.99. The molecule has 0 aliphatic heterocycles. The van der Waals surface area contributed by atoms with E-state index in [0.29, 0.717) is 17.1 Å². The van der Waals surface area contributed by atoms with Gasteiger partial charge in [0, 0.05) is 17.6 Å². The topological polar surface area (TPSA) is 68.3 Å². The molecule has 0 aliphatic rings. The summed E-state index contributed by atoms with van der Waals surface area (Å²) in [6.07, 6.45) is 3.53. The van der Waals surface area contributed by atoms with Crippen LogP contribution in [0.1, 0.15) is 41.3 Å². The predicted octanol–water partition coefficient (Wildman–Crippen LogP) is 3.92. The molecule has 0 spiro atoms. The van der Waals surface area contributed by atoms with Crippen molar-refractivity contribution in [2.75, 3.05) is 13.2 Å². The van der Waals surface area contributed by atoms with Crippen molar-refractivity contribution in [2.45, 2.75) is 43.5 Å². The van der Waals surface area contributed by atoms with Crippen molar-refractivity contribution in [1.29, 1.82) is 0 Å². The maximum atomic E-state index is 12.4. The number of benzene rings is 1. The van der Waals surface area contributed by atoms with Crippen molar-refractivity contribution in [3.63, 3.8) is 0 Å². The number of amides is 1. The van der Waals surface area contributed by atoms with Crippen LogP contribution < -0.4 is 5.32 Å². The number of unbranched alkanes of at least 4 members (excludes halogenated alkanes) is 1. The largest absolute Gasteiger partial charge is 0.452 e. The van der Waals surface area contributed by atoms with Gasteiger partial charge in [-0.05, 0) is 55.7 Å². The van der Waals surface area contributed by atoms with E-state index in [-0.39, 0.29) is 12.5 Å². The number of aryl methyl sites for hydroxylation is 2. The maximum Gasteiger partial charge on any atom is 0.341 e. The van der Waals surface area contributed by atoms with Gasteiger partial charge in [-0.25, -0.2) is 9.78 Å². The first-order valence-corrected chi connectivity index (χ1v) is 9.47. The number of nitrogens with zero attached hydrogens (tertiary/aromatic N) is 1. The van der Waals surface area contributed by atoms with E-state index >= 15 is 0 Å². The van der Waals surface area contributed by atoms with Crippen LogP contribution in [0.3, 0.4) is 0 Å². The van der Waals surface area contributed by atoms with E-state index in [4.69, 9.17) is 4.74 Å². The molecule has 0 unspecified atom stereocenters. The summed E-state index contributed by atoms with van der Waals surface area (Å²) < 4.78 is 5.14. The fourth-order valence-corrected chi connectivity index (χ4v) is 3.15. The summed E-state index contributed by atoms with van der Waals surface area (Å²) in [4.78, 5) is 29.3. The summed E-state index contributed by atoms with van der Waals surface area (Å²) in [5.74, 6) is -0.839. The fourth-order valence-electron chi connectivity index (χ4n) is 2.18.